The summed E-state index contributed by atoms with van der Waals surface area (Å²) in [6.45, 7) is 2.55. The summed E-state index contributed by atoms with van der Waals surface area (Å²) < 4.78 is 42.4. The first-order valence-electron chi connectivity index (χ1n) is 9.89. The van der Waals surface area contributed by atoms with Gasteiger partial charge in [-0.15, -0.1) is 0 Å². The summed E-state index contributed by atoms with van der Waals surface area (Å²) in [6.07, 6.45) is -3.42. The van der Waals surface area contributed by atoms with Crippen molar-refractivity contribution in [1.82, 2.24) is 10.2 Å². The number of amides is 2. The highest BCUT2D eigenvalue weighted by Gasteiger charge is 2.38. The summed E-state index contributed by atoms with van der Waals surface area (Å²) in [4.78, 5) is 26.1. The Hall–Kier alpha value is -3.07. The standard InChI is InChI=1S/C22H24F3N3O3/c1-31-19-13-17(27-21(30)22(23,24)25)7-8-18(19)20(29)26-16-9-11-28(12-10-16)14-15-5-3-2-4-6-15/h2-8,13,16H,9-12,14H2,1H3,(H,26,29)(H,27,30). The van der Waals surface area contributed by atoms with Gasteiger partial charge in [0.15, 0.2) is 0 Å². The normalized spacial score (nSPS) is 15.4. The Balaban J connectivity index is 1.56. The van der Waals surface area contributed by atoms with Crippen LogP contribution >= 0.6 is 0 Å². The van der Waals surface area contributed by atoms with Gasteiger partial charge < -0.3 is 15.4 Å². The fourth-order valence-corrected chi connectivity index (χ4v) is 3.50. The first-order chi connectivity index (χ1) is 14.8. The summed E-state index contributed by atoms with van der Waals surface area (Å²) in [5.74, 6) is -2.37. The van der Waals surface area contributed by atoms with E-state index in [2.05, 4.69) is 22.3 Å². The highest BCUT2D eigenvalue weighted by atomic mass is 19.4. The molecule has 0 aromatic heterocycles. The average molecular weight is 435 g/mol. The van der Waals surface area contributed by atoms with E-state index in [-0.39, 0.29) is 28.9 Å². The lowest BCUT2D eigenvalue weighted by molar-refractivity contribution is -0.167. The van der Waals surface area contributed by atoms with Crippen molar-refractivity contribution in [2.24, 2.45) is 0 Å². The van der Waals surface area contributed by atoms with E-state index in [4.69, 9.17) is 4.74 Å². The van der Waals surface area contributed by atoms with Crippen LogP contribution in [0.25, 0.3) is 0 Å². The molecule has 0 atom stereocenters. The quantitative estimate of drug-likeness (QED) is 0.728. The molecule has 3 rings (SSSR count). The molecule has 1 fully saturated rings. The molecule has 0 aliphatic carbocycles. The second kappa shape index (κ2) is 9.82. The summed E-state index contributed by atoms with van der Waals surface area (Å²) in [5.41, 5.74) is 1.33. The Labute approximate surface area is 178 Å². The summed E-state index contributed by atoms with van der Waals surface area (Å²) in [5, 5.41) is 4.71. The van der Waals surface area contributed by atoms with E-state index >= 15 is 0 Å². The molecular weight excluding hydrogens is 411 g/mol. The van der Waals surface area contributed by atoms with Crippen molar-refractivity contribution >= 4 is 17.5 Å². The van der Waals surface area contributed by atoms with Gasteiger partial charge >= 0.3 is 12.1 Å². The van der Waals surface area contributed by atoms with E-state index < -0.39 is 12.1 Å². The molecular formula is C22H24F3N3O3. The van der Waals surface area contributed by atoms with E-state index in [1.165, 1.54) is 30.9 Å². The predicted molar refractivity (Wildman–Crippen MR) is 110 cm³/mol. The van der Waals surface area contributed by atoms with Crippen LogP contribution < -0.4 is 15.4 Å². The second-order valence-corrected chi connectivity index (χ2v) is 7.38. The zero-order valence-corrected chi connectivity index (χ0v) is 17.0. The lowest BCUT2D eigenvalue weighted by Gasteiger charge is -2.32. The third-order valence-electron chi connectivity index (χ3n) is 5.13. The highest BCUT2D eigenvalue weighted by molar-refractivity contribution is 5.99. The van der Waals surface area contributed by atoms with Crippen LogP contribution in [0.1, 0.15) is 28.8 Å². The van der Waals surface area contributed by atoms with Gasteiger partial charge in [0.05, 0.1) is 12.7 Å². The van der Waals surface area contributed by atoms with Crippen LogP contribution in [0.3, 0.4) is 0 Å². The lowest BCUT2D eigenvalue weighted by atomic mass is 10.0. The van der Waals surface area contributed by atoms with Crippen LogP contribution in [0.4, 0.5) is 18.9 Å². The Morgan fingerprint density at radius 3 is 2.39 bits per heavy atom. The molecule has 0 unspecified atom stereocenters. The first kappa shape index (κ1) is 22.6. The summed E-state index contributed by atoms with van der Waals surface area (Å²) in [6, 6.07) is 13.9. The number of benzene rings is 2. The fraction of sp³-hybridized carbons (Fsp3) is 0.364. The number of alkyl halides is 3. The van der Waals surface area contributed by atoms with Gasteiger partial charge in [-0.2, -0.15) is 13.2 Å². The number of likely N-dealkylation sites (tertiary alicyclic amines) is 1. The number of nitrogens with one attached hydrogen (secondary N) is 2. The maximum absolute atomic E-state index is 12.7. The molecule has 2 aromatic carbocycles. The minimum atomic E-state index is -5.00. The van der Waals surface area contributed by atoms with Gasteiger partial charge in [-0.1, -0.05) is 30.3 Å². The molecule has 2 aromatic rings. The Morgan fingerprint density at radius 2 is 1.77 bits per heavy atom. The number of halogens is 3. The van der Waals surface area contributed by atoms with Crippen molar-refractivity contribution in [3.63, 3.8) is 0 Å². The van der Waals surface area contributed by atoms with Crippen LogP contribution in [0, 0.1) is 0 Å². The minimum Gasteiger partial charge on any atom is -0.496 e. The van der Waals surface area contributed by atoms with E-state index in [9.17, 15) is 22.8 Å². The van der Waals surface area contributed by atoms with Gasteiger partial charge in [-0.3, -0.25) is 14.5 Å². The van der Waals surface area contributed by atoms with Gasteiger partial charge in [0, 0.05) is 37.4 Å². The van der Waals surface area contributed by atoms with Crippen molar-refractivity contribution in [1.29, 1.82) is 0 Å². The number of anilines is 1. The molecule has 1 heterocycles. The van der Waals surface area contributed by atoms with Crippen molar-refractivity contribution in [2.45, 2.75) is 31.6 Å². The van der Waals surface area contributed by atoms with E-state index in [1.54, 1.807) is 5.32 Å². The zero-order valence-electron chi connectivity index (χ0n) is 17.0. The van der Waals surface area contributed by atoms with E-state index in [0.29, 0.717) is 0 Å². The average Bonchev–Trinajstić information content (AvgIpc) is 2.75. The van der Waals surface area contributed by atoms with E-state index in [0.717, 1.165) is 32.5 Å². The molecule has 0 radical (unpaired) electrons. The van der Waals surface area contributed by atoms with Crippen molar-refractivity contribution in [2.75, 3.05) is 25.5 Å². The molecule has 0 saturated carbocycles. The highest BCUT2D eigenvalue weighted by Crippen LogP contribution is 2.26. The van der Waals surface area contributed by atoms with Crippen LogP contribution in [-0.2, 0) is 11.3 Å². The lowest BCUT2D eigenvalue weighted by Crippen LogP contribution is -2.44. The SMILES string of the molecule is COc1cc(NC(=O)C(F)(F)F)ccc1C(=O)NC1CCN(Cc2ccccc2)CC1. The molecule has 1 saturated heterocycles. The fourth-order valence-electron chi connectivity index (χ4n) is 3.50. The van der Waals surface area contributed by atoms with Crippen LogP contribution in [0.2, 0.25) is 0 Å². The van der Waals surface area contributed by atoms with Crippen LogP contribution in [0.5, 0.6) is 5.75 Å². The smallest absolute Gasteiger partial charge is 0.471 e. The Kier molecular flexibility index (Phi) is 7.17. The molecule has 2 N–H and O–H groups in total. The maximum Gasteiger partial charge on any atom is 0.471 e. The molecule has 0 bridgehead atoms. The number of carbonyl (C=O) groups excluding carboxylic acids is 2. The Bertz CT molecular complexity index is 911. The number of rotatable bonds is 6. The van der Waals surface area contributed by atoms with Gasteiger partial charge in [0.2, 0.25) is 0 Å². The second-order valence-electron chi connectivity index (χ2n) is 7.38. The number of nitrogens with zero attached hydrogens (tertiary/aromatic N) is 1. The number of hydrogen-bond donors (Lipinski definition) is 2. The number of hydrogen-bond acceptors (Lipinski definition) is 4. The molecule has 31 heavy (non-hydrogen) atoms. The monoisotopic (exact) mass is 435 g/mol. The summed E-state index contributed by atoms with van der Waals surface area (Å²) >= 11 is 0. The predicted octanol–water partition coefficient (Wildman–Crippen LogP) is 3.59. The first-order valence-corrected chi connectivity index (χ1v) is 9.89. The number of ether oxygens (including phenoxy) is 1. The molecule has 1 aliphatic rings. The third-order valence-corrected chi connectivity index (χ3v) is 5.13. The topological polar surface area (TPSA) is 70.7 Å². The summed E-state index contributed by atoms with van der Waals surface area (Å²) in [7, 11) is 1.31. The van der Waals surface area contributed by atoms with Crippen LogP contribution in [-0.4, -0.2) is 49.1 Å². The number of piperidine rings is 1. The van der Waals surface area contributed by atoms with Gasteiger partial charge in [0.25, 0.3) is 5.91 Å². The molecule has 166 valence electrons. The van der Waals surface area contributed by atoms with E-state index in [1.807, 2.05) is 18.2 Å². The molecule has 1 aliphatic heterocycles. The molecule has 6 nitrogen and oxygen atoms in total. The van der Waals surface area contributed by atoms with Crippen molar-refractivity contribution in [3.8, 4) is 5.75 Å². The minimum absolute atomic E-state index is 0.00571. The van der Waals surface area contributed by atoms with Crippen molar-refractivity contribution in [3.05, 3.63) is 59.7 Å². The third kappa shape index (κ3) is 6.21. The largest absolute Gasteiger partial charge is 0.496 e. The maximum atomic E-state index is 12.7. The number of carbonyl (C=O) groups is 2. The molecule has 2 amide bonds. The van der Waals surface area contributed by atoms with Gasteiger partial charge in [0.1, 0.15) is 5.75 Å². The zero-order chi connectivity index (χ0) is 22.4. The van der Waals surface area contributed by atoms with Crippen molar-refractivity contribution < 1.29 is 27.5 Å². The van der Waals surface area contributed by atoms with Gasteiger partial charge in [-0.05, 0) is 30.5 Å². The Morgan fingerprint density at radius 1 is 1.10 bits per heavy atom. The number of methoxy groups -OCH3 is 1. The molecule has 0 spiro atoms. The van der Waals surface area contributed by atoms with Gasteiger partial charge in [-0.25, -0.2) is 0 Å². The van der Waals surface area contributed by atoms with Crippen LogP contribution in [0.15, 0.2) is 48.5 Å². The molecule has 9 heteroatoms.